The third-order valence-corrected chi connectivity index (χ3v) is 5.91. The van der Waals surface area contributed by atoms with Crippen LogP contribution in [0.4, 0.5) is 30.7 Å². The van der Waals surface area contributed by atoms with Crippen LogP contribution in [0.1, 0.15) is 27.8 Å². The Hall–Kier alpha value is -3.72. The number of halogens is 7. The minimum Gasteiger partial charge on any atom is -0.290 e. The monoisotopic (exact) mass is 519 g/mol. The van der Waals surface area contributed by atoms with Crippen molar-refractivity contribution in [1.29, 1.82) is 0 Å². The van der Waals surface area contributed by atoms with Crippen molar-refractivity contribution in [2.75, 3.05) is 13.1 Å². The van der Waals surface area contributed by atoms with Crippen LogP contribution in [0.3, 0.4) is 0 Å². The Balaban J connectivity index is 1.80. The summed E-state index contributed by atoms with van der Waals surface area (Å²) >= 11 is 0. The van der Waals surface area contributed by atoms with Gasteiger partial charge in [0.1, 0.15) is 5.82 Å². The van der Waals surface area contributed by atoms with E-state index in [2.05, 4.69) is 0 Å². The maximum Gasteiger partial charge on any atom is 0.416 e. The van der Waals surface area contributed by atoms with Gasteiger partial charge in [0.15, 0.2) is 5.78 Å². The summed E-state index contributed by atoms with van der Waals surface area (Å²) in [6, 6.07) is 15.3. The number of rotatable bonds is 4. The van der Waals surface area contributed by atoms with Gasteiger partial charge in [0.25, 0.3) is 0 Å². The summed E-state index contributed by atoms with van der Waals surface area (Å²) in [5.41, 5.74) is -2.21. The molecular weight excluding hydrogens is 499 g/mol. The summed E-state index contributed by atoms with van der Waals surface area (Å²) in [5, 5.41) is 0. The quantitative estimate of drug-likeness (QED) is 0.264. The average molecular weight is 519 g/mol. The van der Waals surface area contributed by atoms with Crippen LogP contribution in [0.5, 0.6) is 0 Å². The van der Waals surface area contributed by atoms with Crippen molar-refractivity contribution in [3.05, 3.63) is 118 Å². The summed E-state index contributed by atoms with van der Waals surface area (Å²) in [7, 11) is 0. The van der Waals surface area contributed by atoms with Crippen LogP contribution in [-0.4, -0.2) is 23.8 Å². The first-order chi connectivity index (χ1) is 17.4. The molecule has 0 aromatic heterocycles. The van der Waals surface area contributed by atoms with Gasteiger partial charge in [-0.3, -0.25) is 9.69 Å². The minimum absolute atomic E-state index is 0.00350. The normalized spacial score (nSPS) is 17.5. The Morgan fingerprint density at radius 1 is 0.676 bits per heavy atom. The molecule has 192 valence electrons. The molecule has 0 bridgehead atoms. The molecule has 0 spiro atoms. The highest BCUT2D eigenvalue weighted by Gasteiger charge is 2.35. The Kier molecular flexibility index (Phi) is 7.36. The van der Waals surface area contributed by atoms with Gasteiger partial charge in [-0.15, -0.1) is 0 Å². The molecule has 3 aromatic rings. The van der Waals surface area contributed by atoms with Crippen LogP contribution in [0.25, 0.3) is 12.2 Å². The van der Waals surface area contributed by atoms with E-state index in [0.717, 1.165) is 24.3 Å². The van der Waals surface area contributed by atoms with Crippen molar-refractivity contribution < 1.29 is 35.5 Å². The van der Waals surface area contributed by atoms with Crippen molar-refractivity contribution in [1.82, 2.24) is 4.90 Å². The van der Waals surface area contributed by atoms with Gasteiger partial charge in [0.2, 0.25) is 0 Å². The summed E-state index contributed by atoms with van der Waals surface area (Å²) in [6.07, 6.45) is -7.16. The summed E-state index contributed by atoms with van der Waals surface area (Å²) in [6.45, 7) is -0.230. The first-order valence-corrected chi connectivity index (χ1v) is 11.2. The van der Waals surface area contributed by atoms with Crippen molar-refractivity contribution in [2.45, 2.75) is 18.9 Å². The highest BCUT2D eigenvalue weighted by molar-refractivity contribution is 6.14. The Bertz CT molecular complexity index is 1290. The lowest BCUT2D eigenvalue weighted by Gasteiger charge is -2.30. The summed E-state index contributed by atoms with van der Waals surface area (Å²) < 4.78 is 95.6. The topological polar surface area (TPSA) is 20.3 Å². The van der Waals surface area contributed by atoms with Crippen LogP contribution in [0, 0.1) is 5.82 Å². The molecule has 1 saturated heterocycles. The van der Waals surface area contributed by atoms with Crippen LogP contribution in [0.2, 0.25) is 0 Å². The molecule has 1 fully saturated rings. The fourth-order valence-electron chi connectivity index (χ4n) is 4.23. The SMILES string of the molecule is O=C1C(=Cc2ccccc2C(F)(F)F)CN(Cc2ccccc2F)CC1=Cc1ccccc1C(F)(F)F. The van der Waals surface area contributed by atoms with Gasteiger partial charge in [-0.2, -0.15) is 26.3 Å². The minimum atomic E-state index is -4.68. The maximum absolute atomic E-state index is 14.3. The molecule has 0 unspecified atom stereocenters. The van der Waals surface area contributed by atoms with E-state index in [0.29, 0.717) is 0 Å². The lowest BCUT2D eigenvalue weighted by atomic mass is 9.92. The average Bonchev–Trinajstić information content (AvgIpc) is 2.83. The number of Topliss-reactive ketones (excluding diaryl/α,β-unsaturated/α-hetero) is 1. The molecule has 0 saturated carbocycles. The van der Waals surface area contributed by atoms with E-state index in [1.165, 1.54) is 54.6 Å². The standard InChI is InChI=1S/C28H20F7NO/c29-25-12-6-3-9-20(25)15-36-16-21(13-18-7-1-4-10-23(18)27(30,31)32)26(37)22(17-36)14-19-8-2-5-11-24(19)28(33,34)35/h1-14H,15-17H2. The second-order valence-electron chi connectivity index (χ2n) is 8.57. The second-order valence-corrected chi connectivity index (χ2v) is 8.57. The molecule has 0 N–H and O–H groups in total. The number of piperidine rings is 1. The van der Waals surface area contributed by atoms with Gasteiger partial charge in [-0.05, 0) is 41.5 Å². The van der Waals surface area contributed by atoms with Crippen molar-refractivity contribution in [3.8, 4) is 0 Å². The third kappa shape index (κ3) is 6.17. The van der Waals surface area contributed by atoms with Gasteiger partial charge in [-0.1, -0.05) is 54.6 Å². The molecule has 0 aliphatic carbocycles. The number of carbonyl (C=O) groups is 1. The predicted octanol–water partition coefficient (Wildman–Crippen LogP) is 7.42. The predicted molar refractivity (Wildman–Crippen MR) is 126 cm³/mol. The van der Waals surface area contributed by atoms with Gasteiger partial charge in [-0.25, -0.2) is 4.39 Å². The molecule has 1 aliphatic heterocycles. The molecule has 4 rings (SSSR count). The molecular formula is C28H20F7NO. The smallest absolute Gasteiger partial charge is 0.290 e. The van der Waals surface area contributed by atoms with E-state index < -0.39 is 35.1 Å². The number of hydrogen-bond donors (Lipinski definition) is 0. The molecule has 0 radical (unpaired) electrons. The lowest BCUT2D eigenvalue weighted by Crippen LogP contribution is -2.37. The van der Waals surface area contributed by atoms with E-state index >= 15 is 0 Å². The van der Waals surface area contributed by atoms with Crippen LogP contribution < -0.4 is 0 Å². The Morgan fingerprint density at radius 3 is 1.57 bits per heavy atom. The van der Waals surface area contributed by atoms with Gasteiger partial charge in [0, 0.05) is 36.3 Å². The highest BCUT2D eigenvalue weighted by atomic mass is 19.4. The zero-order valence-electron chi connectivity index (χ0n) is 19.2. The molecule has 3 aromatic carbocycles. The summed E-state index contributed by atoms with van der Waals surface area (Å²) in [4.78, 5) is 14.9. The van der Waals surface area contributed by atoms with E-state index in [1.54, 1.807) is 11.0 Å². The third-order valence-electron chi connectivity index (χ3n) is 5.91. The zero-order chi connectivity index (χ0) is 26.8. The molecule has 1 aliphatic rings. The van der Waals surface area contributed by atoms with Gasteiger partial charge in [0.05, 0.1) is 11.1 Å². The molecule has 1 heterocycles. The van der Waals surface area contributed by atoms with Crippen molar-refractivity contribution in [3.63, 3.8) is 0 Å². The number of ketones is 1. The van der Waals surface area contributed by atoms with Gasteiger partial charge < -0.3 is 0 Å². The molecule has 37 heavy (non-hydrogen) atoms. The number of nitrogens with zero attached hydrogens (tertiary/aromatic N) is 1. The number of carbonyl (C=O) groups excluding carboxylic acids is 1. The first kappa shape index (κ1) is 26.3. The number of alkyl halides is 6. The zero-order valence-corrected chi connectivity index (χ0v) is 19.2. The second kappa shape index (κ2) is 10.3. The molecule has 0 amide bonds. The van der Waals surface area contributed by atoms with E-state index in [-0.39, 0.29) is 47.5 Å². The van der Waals surface area contributed by atoms with Crippen LogP contribution >= 0.6 is 0 Å². The lowest BCUT2D eigenvalue weighted by molar-refractivity contribution is -0.138. The Labute approximate surface area is 208 Å². The fraction of sp³-hybridized carbons (Fsp3) is 0.179. The number of hydrogen-bond acceptors (Lipinski definition) is 2. The largest absolute Gasteiger partial charge is 0.416 e. The number of likely N-dealkylation sites (tertiary alicyclic amines) is 1. The summed E-state index contributed by atoms with van der Waals surface area (Å²) in [5.74, 6) is -1.18. The van der Waals surface area contributed by atoms with E-state index in [4.69, 9.17) is 0 Å². The Morgan fingerprint density at radius 2 is 1.11 bits per heavy atom. The highest BCUT2D eigenvalue weighted by Crippen LogP contribution is 2.35. The molecule has 2 nitrogen and oxygen atoms in total. The van der Waals surface area contributed by atoms with Crippen molar-refractivity contribution >= 4 is 17.9 Å². The molecule has 9 heteroatoms. The van der Waals surface area contributed by atoms with Crippen LogP contribution in [-0.2, 0) is 23.7 Å². The first-order valence-electron chi connectivity index (χ1n) is 11.2. The fourth-order valence-corrected chi connectivity index (χ4v) is 4.23. The number of benzene rings is 3. The van der Waals surface area contributed by atoms with Crippen LogP contribution in [0.15, 0.2) is 83.9 Å². The van der Waals surface area contributed by atoms with E-state index in [1.807, 2.05) is 0 Å². The maximum atomic E-state index is 14.3. The van der Waals surface area contributed by atoms with E-state index in [9.17, 15) is 35.5 Å². The van der Waals surface area contributed by atoms with Gasteiger partial charge >= 0.3 is 12.4 Å². The molecule has 0 atom stereocenters. The van der Waals surface area contributed by atoms with Crippen molar-refractivity contribution in [2.24, 2.45) is 0 Å².